The molecule has 1 rings (SSSR count). The topological polar surface area (TPSA) is 0 Å². The number of aryl methyl sites for hydroxylation is 1. The van der Waals surface area contributed by atoms with E-state index in [9.17, 15) is 0 Å². The molecule has 0 aliphatic rings. The van der Waals surface area contributed by atoms with E-state index in [-0.39, 0.29) is 0 Å². The van der Waals surface area contributed by atoms with Crippen LogP contribution in [0.3, 0.4) is 0 Å². The average Bonchev–Trinajstić information content (AvgIpc) is 2.04. The molecule has 58 valence electrons. The van der Waals surface area contributed by atoms with Crippen LogP contribution in [0.2, 0.25) is 0 Å². The van der Waals surface area contributed by atoms with Crippen LogP contribution in [0.4, 0.5) is 0 Å². The summed E-state index contributed by atoms with van der Waals surface area (Å²) in [5.41, 5.74) is 2.80. The average molecular weight is 185 g/mol. The summed E-state index contributed by atoms with van der Waals surface area (Å²) in [4.78, 5) is 1.22. The van der Waals surface area contributed by atoms with Crippen LogP contribution in [0.25, 0.3) is 0 Å². The summed E-state index contributed by atoms with van der Waals surface area (Å²) in [6, 6.07) is 8.34. The molecule has 0 bridgehead atoms. The minimum Gasteiger partial charge on any atom is -0.0972 e. The normalized spacial score (nSPS) is 10.7. The summed E-state index contributed by atoms with van der Waals surface area (Å²) in [7, 11) is 0. The van der Waals surface area contributed by atoms with E-state index in [0.29, 0.717) is 0 Å². The van der Waals surface area contributed by atoms with Gasteiger partial charge >= 0.3 is 0 Å². The van der Waals surface area contributed by atoms with Crippen molar-refractivity contribution in [2.24, 2.45) is 0 Å². The van der Waals surface area contributed by atoms with Crippen LogP contribution in [-0.4, -0.2) is 0 Å². The second-order valence-corrected chi connectivity index (χ2v) is 3.42. The molecule has 1 aromatic carbocycles. The molecule has 0 aromatic heterocycles. The standard InChI is InChI=1S/C9H9ClS/c1-8-2-4-9(5-3-8)11-7-6-10/h2-7H,1H3/b7-6+. The first-order valence-electron chi connectivity index (χ1n) is 3.31. The van der Waals surface area contributed by atoms with E-state index in [1.54, 1.807) is 11.8 Å². The molecule has 0 atom stereocenters. The molecule has 0 unspecified atom stereocenters. The monoisotopic (exact) mass is 184 g/mol. The SMILES string of the molecule is Cc1ccc(S/C=C/Cl)cc1. The largest absolute Gasteiger partial charge is 0.0972 e. The first-order chi connectivity index (χ1) is 5.33. The molecule has 0 aliphatic heterocycles. The maximum Gasteiger partial charge on any atom is 0.0116 e. The van der Waals surface area contributed by atoms with Gasteiger partial charge in [0.1, 0.15) is 0 Å². The molecule has 0 N–H and O–H groups in total. The van der Waals surface area contributed by atoms with E-state index < -0.39 is 0 Å². The van der Waals surface area contributed by atoms with Crippen molar-refractivity contribution in [3.63, 3.8) is 0 Å². The highest BCUT2D eigenvalue weighted by atomic mass is 35.5. The van der Waals surface area contributed by atoms with Crippen molar-refractivity contribution in [1.29, 1.82) is 0 Å². The van der Waals surface area contributed by atoms with Gasteiger partial charge in [-0.3, -0.25) is 0 Å². The molecule has 0 heterocycles. The Kier molecular flexibility index (Phi) is 3.53. The van der Waals surface area contributed by atoms with Crippen molar-refractivity contribution in [2.45, 2.75) is 11.8 Å². The number of hydrogen-bond acceptors (Lipinski definition) is 1. The Labute approximate surface area is 76.3 Å². The van der Waals surface area contributed by atoms with Gasteiger partial charge in [-0.25, -0.2) is 0 Å². The van der Waals surface area contributed by atoms with E-state index in [4.69, 9.17) is 11.6 Å². The molecule has 0 fully saturated rings. The minimum atomic E-state index is 1.22. The van der Waals surface area contributed by atoms with Crippen molar-refractivity contribution in [3.8, 4) is 0 Å². The predicted octanol–water partition coefficient (Wildman–Crippen LogP) is 3.80. The first kappa shape index (κ1) is 8.69. The quantitative estimate of drug-likeness (QED) is 0.631. The molecular formula is C9H9ClS. The van der Waals surface area contributed by atoms with Gasteiger partial charge in [0.25, 0.3) is 0 Å². The molecule has 0 saturated carbocycles. The summed E-state index contributed by atoms with van der Waals surface area (Å²) < 4.78 is 0. The summed E-state index contributed by atoms with van der Waals surface area (Å²) in [6.45, 7) is 2.08. The Morgan fingerprint density at radius 2 is 1.91 bits per heavy atom. The Hall–Kier alpha value is -0.400. The molecule has 0 nitrogen and oxygen atoms in total. The Balaban J connectivity index is 2.66. The zero-order valence-corrected chi connectivity index (χ0v) is 7.82. The van der Waals surface area contributed by atoms with Gasteiger partial charge in [-0.1, -0.05) is 41.1 Å². The van der Waals surface area contributed by atoms with Gasteiger partial charge in [0.15, 0.2) is 0 Å². The van der Waals surface area contributed by atoms with Crippen molar-refractivity contribution in [3.05, 3.63) is 40.8 Å². The first-order valence-corrected chi connectivity index (χ1v) is 4.63. The molecule has 2 heteroatoms. The van der Waals surface area contributed by atoms with E-state index in [1.165, 1.54) is 16.0 Å². The van der Waals surface area contributed by atoms with Crippen molar-refractivity contribution < 1.29 is 0 Å². The minimum absolute atomic E-state index is 1.22. The highest BCUT2D eigenvalue weighted by Gasteiger charge is 1.87. The van der Waals surface area contributed by atoms with Crippen molar-refractivity contribution >= 4 is 23.4 Å². The lowest BCUT2D eigenvalue weighted by molar-refractivity contribution is 1.38. The third-order valence-electron chi connectivity index (χ3n) is 1.28. The van der Waals surface area contributed by atoms with Gasteiger partial charge in [0, 0.05) is 10.4 Å². The van der Waals surface area contributed by atoms with Crippen LogP contribution in [-0.2, 0) is 0 Å². The Morgan fingerprint density at radius 1 is 1.27 bits per heavy atom. The summed E-state index contributed by atoms with van der Waals surface area (Å²) in [5.74, 6) is 0. The number of thioether (sulfide) groups is 1. The van der Waals surface area contributed by atoms with Gasteiger partial charge in [-0.2, -0.15) is 0 Å². The predicted molar refractivity (Wildman–Crippen MR) is 52.0 cm³/mol. The Morgan fingerprint density at radius 3 is 2.45 bits per heavy atom. The number of halogens is 1. The second kappa shape index (κ2) is 4.47. The fraction of sp³-hybridized carbons (Fsp3) is 0.111. The smallest absolute Gasteiger partial charge is 0.0116 e. The lowest BCUT2D eigenvalue weighted by Crippen LogP contribution is -1.70. The molecule has 1 aromatic rings. The molecule has 0 aliphatic carbocycles. The van der Waals surface area contributed by atoms with Crippen LogP contribution >= 0.6 is 23.4 Å². The summed E-state index contributed by atoms with van der Waals surface area (Å²) >= 11 is 7.00. The van der Waals surface area contributed by atoms with Crippen molar-refractivity contribution in [1.82, 2.24) is 0 Å². The highest BCUT2D eigenvalue weighted by Crippen LogP contribution is 2.19. The van der Waals surface area contributed by atoms with Crippen LogP contribution < -0.4 is 0 Å². The van der Waals surface area contributed by atoms with Gasteiger partial charge in [0.05, 0.1) is 0 Å². The van der Waals surface area contributed by atoms with Gasteiger partial charge < -0.3 is 0 Å². The molecular weight excluding hydrogens is 176 g/mol. The van der Waals surface area contributed by atoms with Crippen molar-refractivity contribution in [2.75, 3.05) is 0 Å². The van der Waals surface area contributed by atoms with E-state index in [2.05, 4.69) is 31.2 Å². The fourth-order valence-corrected chi connectivity index (χ4v) is 1.38. The molecule has 0 saturated heterocycles. The zero-order chi connectivity index (χ0) is 8.10. The van der Waals surface area contributed by atoms with E-state index in [0.717, 1.165) is 0 Å². The number of benzene rings is 1. The van der Waals surface area contributed by atoms with Gasteiger partial charge in [0.2, 0.25) is 0 Å². The molecule has 0 radical (unpaired) electrons. The van der Waals surface area contributed by atoms with E-state index >= 15 is 0 Å². The summed E-state index contributed by atoms with van der Waals surface area (Å²) in [6.07, 6.45) is 0. The lowest BCUT2D eigenvalue weighted by Gasteiger charge is -1.95. The van der Waals surface area contributed by atoms with Crippen LogP contribution in [0, 0.1) is 6.92 Å². The van der Waals surface area contributed by atoms with Crippen LogP contribution in [0.5, 0.6) is 0 Å². The summed E-state index contributed by atoms with van der Waals surface area (Å²) in [5, 5.41) is 1.85. The maximum atomic E-state index is 5.38. The van der Waals surface area contributed by atoms with E-state index in [1.807, 2.05) is 5.41 Å². The Bertz CT molecular complexity index is 238. The number of rotatable bonds is 2. The lowest BCUT2D eigenvalue weighted by atomic mass is 10.2. The van der Waals surface area contributed by atoms with Gasteiger partial charge in [-0.05, 0) is 24.5 Å². The molecule has 0 amide bonds. The molecule has 11 heavy (non-hydrogen) atoms. The molecule has 0 spiro atoms. The fourth-order valence-electron chi connectivity index (χ4n) is 0.721. The number of hydrogen-bond donors (Lipinski definition) is 0. The maximum absolute atomic E-state index is 5.38. The second-order valence-electron chi connectivity index (χ2n) is 2.19. The zero-order valence-electron chi connectivity index (χ0n) is 6.25. The highest BCUT2D eigenvalue weighted by molar-refractivity contribution is 8.02. The third kappa shape index (κ3) is 3.00. The third-order valence-corrected chi connectivity index (χ3v) is 2.37. The van der Waals surface area contributed by atoms with Crippen LogP contribution in [0.1, 0.15) is 5.56 Å². The van der Waals surface area contributed by atoms with Gasteiger partial charge in [-0.15, -0.1) is 0 Å². The van der Waals surface area contributed by atoms with Crippen LogP contribution in [0.15, 0.2) is 40.1 Å².